The lowest BCUT2D eigenvalue weighted by molar-refractivity contribution is 0.0510. The van der Waals surface area contributed by atoms with Gasteiger partial charge in [-0.1, -0.05) is 15.9 Å². The molecule has 2 fully saturated rings. The highest BCUT2D eigenvalue weighted by Gasteiger charge is 2.83. The van der Waals surface area contributed by atoms with Crippen LogP contribution in [0.4, 0.5) is 4.79 Å². The van der Waals surface area contributed by atoms with Crippen molar-refractivity contribution in [2.24, 2.45) is 5.41 Å². The highest BCUT2D eigenvalue weighted by Crippen LogP contribution is 2.80. The number of aromatic nitrogens is 2. The molecule has 2 aliphatic carbocycles. The lowest BCUT2D eigenvalue weighted by atomic mass is 10.1. The average Bonchev–Trinajstić information content (AvgIpc) is 3.13. The quantitative estimate of drug-likeness (QED) is 0.815. The number of imidazole rings is 1. The third-order valence-corrected chi connectivity index (χ3v) is 5.61. The number of alkyl carbamates (subject to hydrolysis) is 1. The Morgan fingerprint density at radius 3 is 2.88 bits per heavy atom. The monoisotopic (exact) mass is 391 g/mol. The van der Waals surface area contributed by atoms with E-state index in [1.165, 1.54) is 0 Å². The van der Waals surface area contributed by atoms with Gasteiger partial charge in [0, 0.05) is 10.9 Å². The van der Waals surface area contributed by atoms with E-state index >= 15 is 0 Å². The summed E-state index contributed by atoms with van der Waals surface area (Å²) in [6, 6.07) is 6.07. The molecule has 6 heteroatoms. The number of nitrogens with zero attached hydrogens (tertiary/aromatic N) is 1. The number of aromatic amines is 1. The van der Waals surface area contributed by atoms with Crippen molar-refractivity contribution in [1.82, 2.24) is 15.3 Å². The summed E-state index contributed by atoms with van der Waals surface area (Å²) in [5.41, 5.74) is 1.86. The minimum absolute atomic E-state index is 0.00955. The van der Waals surface area contributed by atoms with Crippen LogP contribution in [0.3, 0.4) is 0 Å². The molecule has 2 saturated carbocycles. The Balaban J connectivity index is 1.34. The molecule has 0 aliphatic heterocycles. The highest BCUT2D eigenvalue weighted by atomic mass is 79.9. The van der Waals surface area contributed by atoms with Crippen LogP contribution >= 0.6 is 15.9 Å². The number of nitrogens with one attached hydrogen (secondary N) is 2. The molecule has 5 nitrogen and oxygen atoms in total. The smallest absolute Gasteiger partial charge is 0.408 e. The van der Waals surface area contributed by atoms with Gasteiger partial charge in [0.2, 0.25) is 0 Å². The summed E-state index contributed by atoms with van der Waals surface area (Å²) in [4.78, 5) is 20.0. The fraction of sp³-hybridized carbons (Fsp3) is 0.556. The second-order valence-electron chi connectivity index (χ2n) is 8.19. The van der Waals surface area contributed by atoms with Gasteiger partial charge in [0.1, 0.15) is 11.4 Å². The summed E-state index contributed by atoms with van der Waals surface area (Å²) >= 11 is 3.48. The fourth-order valence-corrected chi connectivity index (χ4v) is 4.02. The summed E-state index contributed by atoms with van der Waals surface area (Å²) in [5, 5.41) is 3.07. The molecule has 0 spiro atoms. The van der Waals surface area contributed by atoms with Gasteiger partial charge in [-0.05, 0) is 63.6 Å². The molecule has 1 aromatic carbocycles. The summed E-state index contributed by atoms with van der Waals surface area (Å²) in [6.07, 6.45) is 3.78. The molecule has 0 bridgehead atoms. The number of aryl methyl sites for hydroxylation is 1. The molecule has 1 amide bonds. The third kappa shape index (κ3) is 2.81. The average molecular weight is 392 g/mol. The van der Waals surface area contributed by atoms with Gasteiger partial charge < -0.3 is 15.0 Å². The first kappa shape index (κ1) is 15.9. The molecule has 0 atom stereocenters. The number of ether oxygens (including phenoxy) is 1. The van der Waals surface area contributed by atoms with E-state index < -0.39 is 5.60 Å². The zero-order valence-corrected chi connectivity index (χ0v) is 15.8. The van der Waals surface area contributed by atoms with Gasteiger partial charge in [-0.3, -0.25) is 0 Å². The summed E-state index contributed by atoms with van der Waals surface area (Å²) in [5.74, 6) is 1.02. The Kier molecular flexibility index (Phi) is 3.30. The van der Waals surface area contributed by atoms with Crippen LogP contribution in [0, 0.1) is 5.41 Å². The Bertz CT molecular complexity index is 815. The zero-order valence-electron chi connectivity index (χ0n) is 14.2. The molecule has 0 radical (unpaired) electrons. The summed E-state index contributed by atoms with van der Waals surface area (Å²) < 4.78 is 6.42. The Morgan fingerprint density at radius 2 is 2.17 bits per heavy atom. The number of halogens is 1. The van der Waals surface area contributed by atoms with Crippen molar-refractivity contribution in [3.63, 3.8) is 0 Å². The van der Waals surface area contributed by atoms with Crippen molar-refractivity contribution >= 4 is 33.1 Å². The normalized spacial score (nSPS) is 27.7. The summed E-state index contributed by atoms with van der Waals surface area (Å²) in [7, 11) is 0. The van der Waals surface area contributed by atoms with Crippen molar-refractivity contribution in [2.45, 2.75) is 57.6 Å². The van der Waals surface area contributed by atoms with E-state index in [0.717, 1.165) is 47.0 Å². The topological polar surface area (TPSA) is 67.0 Å². The Labute approximate surface area is 149 Å². The van der Waals surface area contributed by atoms with Crippen LogP contribution < -0.4 is 5.32 Å². The van der Waals surface area contributed by atoms with Gasteiger partial charge in [0.25, 0.3) is 0 Å². The molecular weight excluding hydrogens is 370 g/mol. The van der Waals surface area contributed by atoms with E-state index in [9.17, 15) is 4.79 Å². The van der Waals surface area contributed by atoms with E-state index in [4.69, 9.17) is 4.74 Å². The van der Waals surface area contributed by atoms with Crippen molar-refractivity contribution < 1.29 is 9.53 Å². The van der Waals surface area contributed by atoms with E-state index in [1.807, 2.05) is 39.0 Å². The number of carbonyl (C=O) groups is 1. The van der Waals surface area contributed by atoms with E-state index in [-0.39, 0.29) is 17.0 Å². The predicted molar refractivity (Wildman–Crippen MR) is 95.9 cm³/mol. The van der Waals surface area contributed by atoms with Crippen molar-refractivity contribution in [2.75, 3.05) is 0 Å². The van der Waals surface area contributed by atoms with Crippen LogP contribution in [-0.4, -0.2) is 27.2 Å². The van der Waals surface area contributed by atoms with Crippen molar-refractivity contribution in [3.05, 3.63) is 28.5 Å². The van der Waals surface area contributed by atoms with Crippen LogP contribution in [0.15, 0.2) is 22.7 Å². The van der Waals surface area contributed by atoms with Gasteiger partial charge in [0.05, 0.1) is 16.6 Å². The second-order valence-corrected chi connectivity index (χ2v) is 9.10. The first-order valence-corrected chi connectivity index (χ1v) is 9.15. The minimum atomic E-state index is -0.449. The predicted octanol–water partition coefficient (Wildman–Crippen LogP) is 4.32. The molecule has 128 valence electrons. The molecule has 2 aromatic rings. The molecule has 4 rings (SSSR count). The Hall–Kier alpha value is -1.56. The van der Waals surface area contributed by atoms with Crippen LogP contribution in [0.5, 0.6) is 0 Å². The lowest BCUT2D eigenvalue weighted by Crippen LogP contribution is -2.36. The van der Waals surface area contributed by atoms with Gasteiger partial charge in [-0.25, -0.2) is 9.78 Å². The van der Waals surface area contributed by atoms with Crippen LogP contribution in [-0.2, 0) is 11.2 Å². The Morgan fingerprint density at radius 1 is 1.42 bits per heavy atom. The maximum absolute atomic E-state index is 12.0. The van der Waals surface area contributed by atoms with E-state index in [0.29, 0.717) is 0 Å². The third-order valence-electron chi connectivity index (χ3n) is 5.12. The standard InChI is InChI=1S/C18H22BrN3O2/c1-16(2,3)24-15(23)22-18-9-17(18,10-18)7-6-14-20-12-5-4-11(19)8-13(12)21-14/h4-5,8H,6-7,9-10H2,1-3H3,(H,20,21)(H,22,23). The molecule has 24 heavy (non-hydrogen) atoms. The van der Waals surface area contributed by atoms with E-state index in [1.54, 1.807) is 0 Å². The molecule has 1 heterocycles. The van der Waals surface area contributed by atoms with E-state index in [2.05, 4.69) is 31.2 Å². The lowest BCUT2D eigenvalue weighted by Gasteiger charge is -2.20. The zero-order chi connectivity index (χ0) is 17.2. The van der Waals surface area contributed by atoms with Gasteiger partial charge in [0.15, 0.2) is 0 Å². The van der Waals surface area contributed by atoms with Crippen molar-refractivity contribution in [1.29, 1.82) is 0 Å². The first-order chi connectivity index (χ1) is 11.2. The van der Waals surface area contributed by atoms with Crippen LogP contribution in [0.25, 0.3) is 11.0 Å². The minimum Gasteiger partial charge on any atom is -0.444 e. The van der Waals surface area contributed by atoms with Gasteiger partial charge in [-0.15, -0.1) is 0 Å². The number of fused-ring (bicyclic) bond motifs is 2. The number of hydrogen-bond acceptors (Lipinski definition) is 3. The molecule has 0 saturated heterocycles. The first-order valence-electron chi connectivity index (χ1n) is 8.36. The van der Waals surface area contributed by atoms with Crippen LogP contribution in [0.2, 0.25) is 0 Å². The highest BCUT2D eigenvalue weighted by molar-refractivity contribution is 9.10. The maximum atomic E-state index is 12.0. The molecule has 0 unspecified atom stereocenters. The van der Waals surface area contributed by atoms with Gasteiger partial charge >= 0.3 is 6.09 Å². The number of rotatable bonds is 4. The number of hydrogen-bond donors (Lipinski definition) is 2. The molecule has 2 aliphatic rings. The number of benzene rings is 1. The maximum Gasteiger partial charge on any atom is 0.408 e. The number of amides is 1. The fourth-order valence-electron chi connectivity index (χ4n) is 3.66. The molecule has 2 N–H and O–H groups in total. The van der Waals surface area contributed by atoms with Crippen molar-refractivity contribution in [3.8, 4) is 0 Å². The summed E-state index contributed by atoms with van der Waals surface area (Å²) in [6.45, 7) is 5.66. The SMILES string of the molecule is CC(C)(C)OC(=O)NC12CC1(CCc1nc3ccc(Br)cc3[nH]1)C2. The molecule has 1 aromatic heterocycles. The largest absolute Gasteiger partial charge is 0.444 e. The molecular formula is C18H22BrN3O2. The number of H-pyrrole nitrogens is 1. The van der Waals surface area contributed by atoms with Gasteiger partial charge in [-0.2, -0.15) is 0 Å². The second kappa shape index (κ2) is 4.97. The van der Waals surface area contributed by atoms with Crippen LogP contribution in [0.1, 0.15) is 45.9 Å². The number of carbonyl (C=O) groups excluding carboxylic acids is 1.